The zero-order chi connectivity index (χ0) is 12.3. The fraction of sp³-hybridized carbons (Fsp3) is 0.143. The van der Waals surface area contributed by atoms with E-state index in [4.69, 9.17) is 0 Å². The van der Waals surface area contributed by atoms with Gasteiger partial charge in [0.15, 0.2) is 5.82 Å². The lowest BCUT2D eigenvalue weighted by atomic mass is 10.3. The van der Waals surface area contributed by atoms with E-state index in [9.17, 15) is 27.3 Å². The first kappa shape index (κ1) is 12.3. The molecule has 0 radical (unpaired) electrons. The lowest BCUT2D eigenvalue weighted by Crippen LogP contribution is -2.12. The number of para-hydroxylation sites is 1. The van der Waals surface area contributed by atoms with Crippen LogP contribution in [0.1, 0.15) is 0 Å². The van der Waals surface area contributed by atoms with Crippen molar-refractivity contribution >= 4 is 15.8 Å². The Bertz CT molecular complexity index is 516. The number of halogens is 2. The lowest BCUT2D eigenvalue weighted by molar-refractivity contribution is -0.385. The number of nitro benzene ring substituents is 1. The fourth-order valence-corrected chi connectivity index (χ4v) is 1.34. The highest BCUT2D eigenvalue weighted by atomic mass is 32.2. The average Bonchev–Trinajstić information content (AvgIpc) is 2.20. The van der Waals surface area contributed by atoms with Crippen molar-refractivity contribution in [3.8, 4) is 5.75 Å². The van der Waals surface area contributed by atoms with Gasteiger partial charge in [-0.25, -0.2) is 8.78 Å². The normalized spacial score (nSPS) is 11.1. The van der Waals surface area contributed by atoms with Gasteiger partial charge in [-0.3, -0.25) is 10.1 Å². The Labute approximate surface area is 88.7 Å². The number of rotatable bonds is 4. The minimum Gasteiger partial charge on any atom is -0.370 e. The number of alkyl halides is 1. The second-order valence-corrected chi connectivity index (χ2v) is 4.10. The van der Waals surface area contributed by atoms with Gasteiger partial charge in [-0.05, 0) is 6.07 Å². The van der Waals surface area contributed by atoms with E-state index in [2.05, 4.69) is 4.18 Å². The molecule has 0 atom stereocenters. The van der Waals surface area contributed by atoms with Crippen LogP contribution >= 0.6 is 0 Å². The van der Waals surface area contributed by atoms with Gasteiger partial charge in [-0.2, -0.15) is 8.42 Å². The van der Waals surface area contributed by atoms with Gasteiger partial charge in [-0.15, -0.1) is 0 Å². The summed E-state index contributed by atoms with van der Waals surface area (Å²) in [6.45, 7) is 0. The SMILES string of the molecule is O=[N+]([O-])c1cccc(F)c1OS(=O)(=O)CF. The summed E-state index contributed by atoms with van der Waals surface area (Å²) in [7, 11) is -4.66. The Hall–Kier alpha value is -1.77. The molecule has 0 amide bonds. The van der Waals surface area contributed by atoms with E-state index in [-0.39, 0.29) is 0 Å². The summed E-state index contributed by atoms with van der Waals surface area (Å²) in [5.74, 6) is -2.38. The van der Waals surface area contributed by atoms with E-state index < -0.39 is 38.3 Å². The van der Waals surface area contributed by atoms with E-state index in [1.54, 1.807) is 0 Å². The maximum atomic E-state index is 13.1. The molecule has 0 saturated heterocycles. The Balaban J connectivity index is 3.27. The number of hydrogen-bond donors (Lipinski definition) is 0. The zero-order valence-electron chi connectivity index (χ0n) is 7.59. The molecule has 0 fully saturated rings. The van der Waals surface area contributed by atoms with Gasteiger partial charge in [0.1, 0.15) is 0 Å². The van der Waals surface area contributed by atoms with Crippen LogP contribution in [0.25, 0.3) is 0 Å². The van der Waals surface area contributed by atoms with E-state index in [0.717, 1.165) is 18.2 Å². The standard InChI is InChI=1S/C7H5F2NO5S/c8-4-16(13,14)15-7-5(9)2-1-3-6(7)10(11)12/h1-3H,4H2. The molecular weight excluding hydrogens is 248 g/mol. The first-order chi connectivity index (χ1) is 7.37. The van der Waals surface area contributed by atoms with Crippen LogP contribution in [0.2, 0.25) is 0 Å². The Morgan fingerprint density at radius 1 is 1.44 bits per heavy atom. The molecule has 0 heterocycles. The number of nitrogens with zero attached hydrogens (tertiary/aromatic N) is 1. The Morgan fingerprint density at radius 3 is 2.56 bits per heavy atom. The molecule has 0 unspecified atom stereocenters. The molecule has 1 aromatic carbocycles. The van der Waals surface area contributed by atoms with Crippen LogP contribution in [0.3, 0.4) is 0 Å². The molecule has 9 heteroatoms. The third kappa shape index (κ3) is 2.63. The summed E-state index contributed by atoms with van der Waals surface area (Å²) >= 11 is 0. The minimum atomic E-state index is -4.66. The smallest absolute Gasteiger partial charge is 0.339 e. The molecule has 88 valence electrons. The fourth-order valence-electron chi connectivity index (χ4n) is 0.873. The highest BCUT2D eigenvalue weighted by Crippen LogP contribution is 2.30. The molecule has 16 heavy (non-hydrogen) atoms. The van der Waals surface area contributed by atoms with Gasteiger partial charge in [0, 0.05) is 6.07 Å². The van der Waals surface area contributed by atoms with Crippen LogP contribution in [-0.4, -0.2) is 19.3 Å². The molecule has 0 aliphatic heterocycles. The van der Waals surface area contributed by atoms with Crippen LogP contribution in [-0.2, 0) is 10.1 Å². The summed E-state index contributed by atoms with van der Waals surface area (Å²) < 4.78 is 50.3. The van der Waals surface area contributed by atoms with Crippen molar-refractivity contribution in [1.29, 1.82) is 0 Å². The lowest BCUT2D eigenvalue weighted by Gasteiger charge is -2.04. The summed E-state index contributed by atoms with van der Waals surface area (Å²) in [6, 6.07) is 0.698. The topological polar surface area (TPSA) is 86.5 Å². The molecule has 0 aliphatic rings. The van der Waals surface area contributed by atoms with Gasteiger partial charge < -0.3 is 4.18 Å². The third-order valence-corrected chi connectivity index (χ3v) is 2.17. The molecule has 0 spiro atoms. The number of nitro groups is 1. The molecule has 1 aromatic rings. The van der Waals surface area contributed by atoms with E-state index >= 15 is 0 Å². The average molecular weight is 253 g/mol. The van der Waals surface area contributed by atoms with Crippen molar-refractivity contribution in [2.75, 3.05) is 6.01 Å². The van der Waals surface area contributed by atoms with Crippen LogP contribution in [0.15, 0.2) is 18.2 Å². The molecule has 6 nitrogen and oxygen atoms in total. The first-order valence-corrected chi connectivity index (χ1v) is 5.36. The van der Waals surface area contributed by atoms with Crippen molar-refractivity contribution in [3.05, 3.63) is 34.1 Å². The maximum absolute atomic E-state index is 13.1. The van der Waals surface area contributed by atoms with Gasteiger partial charge in [0.25, 0.3) is 5.75 Å². The molecule has 0 saturated carbocycles. The predicted molar refractivity (Wildman–Crippen MR) is 48.6 cm³/mol. The third-order valence-electron chi connectivity index (χ3n) is 1.49. The summed E-state index contributed by atoms with van der Waals surface area (Å²) in [4.78, 5) is 9.38. The highest BCUT2D eigenvalue weighted by molar-refractivity contribution is 7.86. The quantitative estimate of drug-likeness (QED) is 0.459. The molecule has 0 aliphatic carbocycles. The van der Waals surface area contributed by atoms with Crippen molar-refractivity contribution < 1.29 is 26.3 Å². The summed E-state index contributed by atoms with van der Waals surface area (Å²) in [6.07, 6.45) is 0. The van der Waals surface area contributed by atoms with E-state index in [1.807, 2.05) is 0 Å². The van der Waals surface area contributed by atoms with Crippen LogP contribution in [0, 0.1) is 15.9 Å². The second kappa shape index (κ2) is 4.39. The highest BCUT2D eigenvalue weighted by Gasteiger charge is 2.25. The largest absolute Gasteiger partial charge is 0.370 e. The maximum Gasteiger partial charge on any atom is 0.339 e. The monoisotopic (exact) mass is 253 g/mol. The summed E-state index contributed by atoms with van der Waals surface area (Å²) in [5.41, 5.74) is -0.892. The number of benzene rings is 1. The van der Waals surface area contributed by atoms with Crippen molar-refractivity contribution in [3.63, 3.8) is 0 Å². The van der Waals surface area contributed by atoms with Gasteiger partial charge in [0.2, 0.25) is 6.01 Å². The van der Waals surface area contributed by atoms with Gasteiger partial charge in [0.05, 0.1) is 4.92 Å². The minimum absolute atomic E-state index is 0.760. The van der Waals surface area contributed by atoms with Crippen molar-refractivity contribution in [1.82, 2.24) is 0 Å². The Morgan fingerprint density at radius 2 is 2.06 bits per heavy atom. The van der Waals surface area contributed by atoms with Crippen LogP contribution in [0.5, 0.6) is 5.75 Å². The van der Waals surface area contributed by atoms with E-state index in [0.29, 0.717) is 0 Å². The number of hydrogen-bond acceptors (Lipinski definition) is 5. The predicted octanol–water partition coefficient (Wildman–Crippen LogP) is 1.37. The van der Waals surface area contributed by atoms with E-state index in [1.165, 1.54) is 0 Å². The molecular formula is C7H5F2NO5S. The Kier molecular flexibility index (Phi) is 3.38. The van der Waals surface area contributed by atoms with Crippen molar-refractivity contribution in [2.24, 2.45) is 0 Å². The van der Waals surface area contributed by atoms with Crippen LogP contribution < -0.4 is 4.18 Å². The molecule has 0 aromatic heterocycles. The van der Waals surface area contributed by atoms with Gasteiger partial charge in [-0.1, -0.05) is 6.07 Å². The molecule has 0 bridgehead atoms. The first-order valence-electron chi connectivity index (χ1n) is 3.78. The van der Waals surface area contributed by atoms with Crippen molar-refractivity contribution in [2.45, 2.75) is 0 Å². The molecule has 0 N–H and O–H groups in total. The zero-order valence-corrected chi connectivity index (χ0v) is 8.41. The van der Waals surface area contributed by atoms with Crippen LogP contribution in [0.4, 0.5) is 14.5 Å². The van der Waals surface area contributed by atoms with Gasteiger partial charge >= 0.3 is 15.8 Å². The molecule has 1 rings (SSSR count). The summed E-state index contributed by atoms with van der Waals surface area (Å²) in [5, 5.41) is 10.4. The second-order valence-electron chi connectivity index (χ2n) is 2.60.